The topological polar surface area (TPSA) is 40.6 Å². The number of hydrogen-bond acceptors (Lipinski definition) is 3. The van der Waals surface area contributed by atoms with Crippen molar-refractivity contribution in [1.29, 1.82) is 0 Å². The maximum atomic E-state index is 13.0. The van der Waals surface area contributed by atoms with Gasteiger partial charge in [0, 0.05) is 25.7 Å². The Bertz CT molecular complexity index is 527. The molecule has 1 saturated heterocycles. The number of unbranched alkanes of at least 4 members (excludes halogenated alkanes) is 2. The Labute approximate surface area is 149 Å². The molecule has 2 heterocycles. The zero-order valence-corrected chi connectivity index (χ0v) is 16.0. The molecule has 134 valence electrons. The third-order valence-corrected chi connectivity index (χ3v) is 5.56. The molecule has 1 aliphatic heterocycles. The lowest BCUT2D eigenvalue weighted by atomic mass is 9.95. The summed E-state index contributed by atoms with van der Waals surface area (Å²) in [5.74, 6) is 0.251. The number of rotatable bonds is 7. The van der Waals surface area contributed by atoms with Gasteiger partial charge in [0.25, 0.3) is 5.91 Å². The van der Waals surface area contributed by atoms with Crippen LogP contribution in [0.1, 0.15) is 62.5 Å². The second-order valence-electron chi connectivity index (χ2n) is 6.90. The number of carbonyl (C=O) groups excluding carboxylic acids is 2. The van der Waals surface area contributed by atoms with Crippen molar-refractivity contribution >= 4 is 23.2 Å². The van der Waals surface area contributed by atoms with E-state index in [-0.39, 0.29) is 23.8 Å². The van der Waals surface area contributed by atoms with E-state index in [9.17, 15) is 9.59 Å². The fourth-order valence-electron chi connectivity index (χ4n) is 3.31. The van der Waals surface area contributed by atoms with Gasteiger partial charge in [-0.3, -0.25) is 9.59 Å². The first kappa shape index (κ1) is 19.0. The Morgan fingerprint density at radius 3 is 2.79 bits per heavy atom. The van der Waals surface area contributed by atoms with Crippen molar-refractivity contribution in [1.82, 2.24) is 9.80 Å². The van der Waals surface area contributed by atoms with E-state index in [4.69, 9.17) is 0 Å². The van der Waals surface area contributed by atoms with Crippen LogP contribution in [0.2, 0.25) is 0 Å². The van der Waals surface area contributed by atoms with E-state index in [0.717, 1.165) is 50.1 Å². The van der Waals surface area contributed by atoms with Crippen LogP contribution in [0.4, 0.5) is 0 Å². The number of piperidine rings is 1. The van der Waals surface area contributed by atoms with Crippen LogP contribution in [-0.2, 0) is 4.79 Å². The first-order valence-corrected chi connectivity index (χ1v) is 10.1. The van der Waals surface area contributed by atoms with Crippen LogP contribution in [0.5, 0.6) is 0 Å². The Hall–Kier alpha value is -1.36. The number of amides is 2. The van der Waals surface area contributed by atoms with Gasteiger partial charge in [0.1, 0.15) is 0 Å². The van der Waals surface area contributed by atoms with Gasteiger partial charge in [-0.15, -0.1) is 11.3 Å². The molecule has 1 aliphatic rings. The SMILES string of the molecule is CCCCCN(C(=O)C1CCCN(C(=O)c2cccs2)C1)C(C)C. The van der Waals surface area contributed by atoms with Crippen LogP contribution in [-0.4, -0.2) is 47.3 Å². The highest BCUT2D eigenvalue weighted by Crippen LogP contribution is 2.23. The van der Waals surface area contributed by atoms with E-state index < -0.39 is 0 Å². The minimum absolute atomic E-state index is 0.0494. The van der Waals surface area contributed by atoms with Gasteiger partial charge in [-0.05, 0) is 44.6 Å². The number of carbonyl (C=O) groups is 2. The molecule has 1 aromatic heterocycles. The summed E-state index contributed by atoms with van der Waals surface area (Å²) in [6, 6.07) is 3.99. The van der Waals surface area contributed by atoms with Crippen LogP contribution >= 0.6 is 11.3 Å². The smallest absolute Gasteiger partial charge is 0.263 e. The van der Waals surface area contributed by atoms with Crippen molar-refractivity contribution in [3.8, 4) is 0 Å². The predicted molar refractivity (Wildman–Crippen MR) is 99.3 cm³/mol. The average Bonchev–Trinajstić information content (AvgIpc) is 3.12. The lowest BCUT2D eigenvalue weighted by Gasteiger charge is -2.36. The molecule has 0 aliphatic carbocycles. The number of thiophene rings is 1. The average molecular weight is 351 g/mol. The number of hydrogen-bond donors (Lipinski definition) is 0. The summed E-state index contributed by atoms with van der Waals surface area (Å²) in [4.78, 5) is 30.2. The molecule has 0 radical (unpaired) electrons. The van der Waals surface area contributed by atoms with Crippen molar-refractivity contribution in [3.05, 3.63) is 22.4 Å². The molecular formula is C19H30N2O2S. The maximum absolute atomic E-state index is 13.0. The molecule has 1 unspecified atom stereocenters. The van der Waals surface area contributed by atoms with Crippen molar-refractivity contribution < 1.29 is 9.59 Å². The van der Waals surface area contributed by atoms with E-state index >= 15 is 0 Å². The van der Waals surface area contributed by atoms with Crippen LogP contribution in [0.3, 0.4) is 0 Å². The molecule has 5 heteroatoms. The number of likely N-dealkylation sites (tertiary alicyclic amines) is 1. The minimum Gasteiger partial charge on any atom is -0.340 e. The maximum Gasteiger partial charge on any atom is 0.263 e. The van der Waals surface area contributed by atoms with Gasteiger partial charge in [-0.25, -0.2) is 0 Å². The van der Waals surface area contributed by atoms with Gasteiger partial charge in [0.15, 0.2) is 0 Å². The molecule has 4 nitrogen and oxygen atoms in total. The third-order valence-electron chi connectivity index (χ3n) is 4.70. The Kier molecular flexibility index (Phi) is 7.28. The Morgan fingerprint density at radius 1 is 1.38 bits per heavy atom. The summed E-state index contributed by atoms with van der Waals surface area (Å²) >= 11 is 1.47. The molecule has 2 rings (SSSR count). The Morgan fingerprint density at radius 2 is 2.17 bits per heavy atom. The molecule has 2 amide bonds. The van der Waals surface area contributed by atoms with E-state index in [1.807, 2.05) is 27.3 Å². The van der Waals surface area contributed by atoms with E-state index in [2.05, 4.69) is 20.8 Å². The van der Waals surface area contributed by atoms with Gasteiger partial charge >= 0.3 is 0 Å². The molecule has 24 heavy (non-hydrogen) atoms. The van der Waals surface area contributed by atoms with Gasteiger partial charge < -0.3 is 9.80 Å². The van der Waals surface area contributed by atoms with Crippen LogP contribution in [0.15, 0.2) is 17.5 Å². The molecule has 0 N–H and O–H groups in total. The highest BCUT2D eigenvalue weighted by atomic mass is 32.1. The quantitative estimate of drug-likeness (QED) is 0.697. The van der Waals surface area contributed by atoms with Gasteiger partial charge in [0.05, 0.1) is 10.8 Å². The zero-order chi connectivity index (χ0) is 17.5. The monoisotopic (exact) mass is 350 g/mol. The van der Waals surface area contributed by atoms with Gasteiger partial charge in [0.2, 0.25) is 5.91 Å². The van der Waals surface area contributed by atoms with Crippen molar-refractivity contribution in [3.63, 3.8) is 0 Å². The Balaban J connectivity index is 1.98. The summed E-state index contributed by atoms with van der Waals surface area (Å²) in [5.41, 5.74) is 0. The minimum atomic E-state index is -0.0494. The number of nitrogens with zero attached hydrogens (tertiary/aromatic N) is 2. The van der Waals surface area contributed by atoms with Crippen molar-refractivity contribution in [2.75, 3.05) is 19.6 Å². The van der Waals surface area contributed by atoms with Gasteiger partial charge in [-0.1, -0.05) is 25.8 Å². The van der Waals surface area contributed by atoms with Crippen LogP contribution in [0, 0.1) is 5.92 Å². The normalized spacial score (nSPS) is 18.0. The predicted octanol–water partition coefficient (Wildman–Crippen LogP) is 4.03. The molecule has 0 aromatic carbocycles. The summed E-state index contributed by atoms with van der Waals surface area (Å²) in [6.45, 7) is 8.50. The molecule has 0 bridgehead atoms. The van der Waals surface area contributed by atoms with Crippen LogP contribution < -0.4 is 0 Å². The first-order valence-electron chi connectivity index (χ1n) is 9.17. The largest absolute Gasteiger partial charge is 0.340 e. The molecule has 1 atom stereocenters. The van der Waals surface area contributed by atoms with Crippen molar-refractivity contribution in [2.45, 2.75) is 58.9 Å². The lowest BCUT2D eigenvalue weighted by molar-refractivity contribution is -0.138. The standard InChI is InChI=1S/C19H30N2O2S/c1-4-5-6-12-21(15(2)3)18(22)16-9-7-11-20(14-16)19(23)17-10-8-13-24-17/h8,10,13,15-16H,4-7,9,11-12,14H2,1-3H3. The summed E-state index contributed by atoms with van der Waals surface area (Å²) in [5, 5.41) is 1.92. The fourth-order valence-corrected chi connectivity index (χ4v) is 4.00. The summed E-state index contributed by atoms with van der Waals surface area (Å²) in [6.07, 6.45) is 5.18. The highest BCUT2D eigenvalue weighted by Gasteiger charge is 2.32. The molecular weight excluding hydrogens is 320 g/mol. The van der Waals surface area contributed by atoms with Crippen LogP contribution in [0.25, 0.3) is 0 Å². The second-order valence-corrected chi connectivity index (χ2v) is 7.85. The zero-order valence-electron chi connectivity index (χ0n) is 15.2. The molecule has 0 spiro atoms. The molecule has 1 fully saturated rings. The second kappa shape index (κ2) is 9.21. The third kappa shape index (κ3) is 4.82. The first-order chi connectivity index (χ1) is 11.5. The highest BCUT2D eigenvalue weighted by molar-refractivity contribution is 7.12. The van der Waals surface area contributed by atoms with E-state index in [1.54, 1.807) is 0 Å². The summed E-state index contributed by atoms with van der Waals surface area (Å²) < 4.78 is 0. The van der Waals surface area contributed by atoms with Crippen molar-refractivity contribution in [2.24, 2.45) is 5.92 Å². The summed E-state index contributed by atoms with van der Waals surface area (Å²) in [7, 11) is 0. The van der Waals surface area contributed by atoms with E-state index in [1.165, 1.54) is 11.3 Å². The molecule has 0 saturated carbocycles. The fraction of sp³-hybridized carbons (Fsp3) is 0.684. The molecule has 1 aromatic rings. The van der Waals surface area contributed by atoms with Gasteiger partial charge in [-0.2, -0.15) is 0 Å². The lowest BCUT2D eigenvalue weighted by Crippen LogP contribution is -2.48. The van der Waals surface area contributed by atoms with E-state index in [0.29, 0.717) is 6.54 Å².